The van der Waals surface area contributed by atoms with Gasteiger partial charge in [0.2, 0.25) is 5.91 Å². The van der Waals surface area contributed by atoms with Crippen LogP contribution in [0.3, 0.4) is 0 Å². The number of morpholine rings is 1. The molecule has 25 heavy (non-hydrogen) atoms. The number of rotatable bonds is 5. The van der Waals surface area contributed by atoms with Crippen molar-refractivity contribution in [1.29, 1.82) is 0 Å². The fraction of sp³-hybridized carbons (Fsp3) is 0.611. The molecule has 1 aromatic carbocycles. The van der Waals surface area contributed by atoms with Crippen LogP contribution in [0.15, 0.2) is 24.3 Å². The van der Waals surface area contributed by atoms with Gasteiger partial charge in [0, 0.05) is 37.8 Å². The standard InChI is InChI=1S/C18H27N3O2.2ClH/c19-16-6-3-5-14(16)12-18(22)20-17-7-2-1-4-15(17)13-21-8-10-23-11-9-21;;/h1-2,4,7,14,16H,3,5-6,8-13,19H2,(H,20,22);2*1H/t14-,16+;;/m0../s1. The van der Waals surface area contributed by atoms with Gasteiger partial charge in [-0.05, 0) is 30.4 Å². The lowest BCUT2D eigenvalue weighted by Gasteiger charge is -2.27. The second kappa shape index (κ2) is 11.0. The van der Waals surface area contributed by atoms with Crippen LogP contribution in [0.25, 0.3) is 0 Å². The number of anilines is 1. The lowest BCUT2D eigenvalue weighted by atomic mass is 9.99. The Kier molecular flexibility index (Phi) is 9.75. The van der Waals surface area contributed by atoms with Crippen LogP contribution in [0.5, 0.6) is 0 Å². The van der Waals surface area contributed by atoms with Crippen molar-refractivity contribution >= 4 is 36.4 Å². The third-order valence-electron chi connectivity index (χ3n) is 4.95. The summed E-state index contributed by atoms with van der Waals surface area (Å²) in [6.07, 6.45) is 3.80. The number of nitrogens with zero attached hydrogens (tertiary/aromatic N) is 1. The van der Waals surface area contributed by atoms with Crippen LogP contribution in [-0.4, -0.2) is 43.2 Å². The Morgan fingerprint density at radius 1 is 1.20 bits per heavy atom. The molecule has 2 atom stereocenters. The molecular formula is C18H29Cl2N3O2. The van der Waals surface area contributed by atoms with Gasteiger partial charge in [0.1, 0.15) is 0 Å². The molecule has 0 unspecified atom stereocenters. The van der Waals surface area contributed by atoms with E-state index in [-0.39, 0.29) is 36.8 Å². The van der Waals surface area contributed by atoms with E-state index in [1.54, 1.807) is 0 Å². The van der Waals surface area contributed by atoms with E-state index in [9.17, 15) is 4.79 Å². The summed E-state index contributed by atoms with van der Waals surface area (Å²) >= 11 is 0. The topological polar surface area (TPSA) is 67.6 Å². The van der Waals surface area contributed by atoms with Crippen molar-refractivity contribution in [2.45, 2.75) is 38.3 Å². The van der Waals surface area contributed by atoms with E-state index < -0.39 is 0 Å². The molecule has 1 heterocycles. The van der Waals surface area contributed by atoms with Gasteiger partial charge in [-0.25, -0.2) is 0 Å². The molecule has 7 heteroatoms. The average Bonchev–Trinajstić information content (AvgIpc) is 2.95. The molecule has 0 radical (unpaired) electrons. The van der Waals surface area contributed by atoms with Crippen LogP contribution in [0, 0.1) is 5.92 Å². The Hall–Kier alpha value is -0.850. The van der Waals surface area contributed by atoms with Crippen molar-refractivity contribution in [2.24, 2.45) is 11.7 Å². The molecule has 1 aliphatic heterocycles. The maximum Gasteiger partial charge on any atom is 0.224 e. The summed E-state index contributed by atoms with van der Waals surface area (Å²) in [5.74, 6) is 0.420. The van der Waals surface area contributed by atoms with Crippen LogP contribution >= 0.6 is 24.8 Å². The zero-order chi connectivity index (χ0) is 16.1. The van der Waals surface area contributed by atoms with Crippen molar-refractivity contribution in [3.63, 3.8) is 0 Å². The monoisotopic (exact) mass is 389 g/mol. The van der Waals surface area contributed by atoms with Crippen LogP contribution in [0.4, 0.5) is 5.69 Å². The minimum Gasteiger partial charge on any atom is -0.379 e. The number of nitrogens with two attached hydrogens (primary N) is 1. The highest BCUT2D eigenvalue weighted by molar-refractivity contribution is 5.91. The Morgan fingerprint density at radius 2 is 1.92 bits per heavy atom. The van der Waals surface area contributed by atoms with Gasteiger partial charge in [0.15, 0.2) is 0 Å². The van der Waals surface area contributed by atoms with E-state index in [4.69, 9.17) is 10.5 Å². The third kappa shape index (κ3) is 6.42. The fourth-order valence-electron chi connectivity index (χ4n) is 3.54. The quantitative estimate of drug-likeness (QED) is 0.812. The van der Waals surface area contributed by atoms with E-state index in [1.807, 2.05) is 18.2 Å². The number of amides is 1. The molecule has 0 bridgehead atoms. The van der Waals surface area contributed by atoms with Crippen molar-refractivity contribution < 1.29 is 9.53 Å². The number of carbonyl (C=O) groups is 1. The minimum absolute atomic E-state index is 0. The molecule has 1 aliphatic carbocycles. The van der Waals surface area contributed by atoms with Crippen molar-refractivity contribution in [3.8, 4) is 0 Å². The Bertz CT molecular complexity index is 539. The lowest BCUT2D eigenvalue weighted by molar-refractivity contribution is -0.117. The van der Waals surface area contributed by atoms with E-state index in [2.05, 4.69) is 16.3 Å². The number of hydrogen-bond acceptors (Lipinski definition) is 4. The SMILES string of the molecule is Cl.Cl.N[C@@H]1CCC[C@H]1CC(=O)Nc1ccccc1CN1CCOCC1. The van der Waals surface area contributed by atoms with Crippen LogP contribution in [0.1, 0.15) is 31.2 Å². The number of ether oxygens (including phenoxy) is 1. The van der Waals surface area contributed by atoms with E-state index in [0.717, 1.165) is 57.8 Å². The molecule has 3 rings (SSSR count). The molecule has 3 N–H and O–H groups in total. The molecule has 1 saturated heterocycles. The van der Waals surface area contributed by atoms with Gasteiger partial charge >= 0.3 is 0 Å². The highest BCUT2D eigenvalue weighted by Gasteiger charge is 2.26. The summed E-state index contributed by atoms with van der Waals surface area (Å²) in [5, 5.41) is 3.10. The second-order valence-electron chi connectivity index (χ2n) is 6.65. The Morgan fingerprint density at radius 3 is 2.60 bits per heavy atom. The largest absolute Gasteiger partial charge is 0.379 e. The van der Waals surface area contributed by atoms with E-state index in [1.165, 1.54) is 5.56 Å². The molecule has 142 valence electrons. The van der Waals surface area contributed by atoms with Gasteiger partial charge in [-0.1, -0.05) is 24.6 Å². The van der Waals surface area contributed by atoms with Crippen LogP contribution in [-0.2, 0) is 16.1 Å². The van der Waals surface area contributed by atoms with E-state index >= 15 is 0 Å². The molecule has 2 aliphatic rings. The van der Waals surface area contributed by atoms with Gasteiger partial charge in [-0.15, -0.1) is 24.8 Å². The van der Waals surface area contributed by atoms with Crippen LogP contribution in [0.2, 0.25) is 0 Å². The molecule has 0 aromatic heterocycles. The first kappa shape index (κ1) is 22.2. The maximum atomic E-state index is 12.4. The van der Waals surface area contributed by atoms with Crippen molar-refractivity contribution in [3.05, 3.63) is 29.8 Å². The van der Waals surface area contributed by atoms with Gasteiger partial charge in [-0.3, -0.25) is 9.69 Å². The maximum absolute atomic E-state index is 12.4. The number of benzene rings is 1. The van der Waals surface area contributed by atoms with Gasteiger partial charge in [0.05, 0.1) is 13.2 Å². The molecule has 5 nitrogen and oxygen atoms in total. The lowest BCUT2D eigenvalue weighted by Crippen LogP contribution is -2.36. The summed E-state index contributed by atoms with van der Waals surface area (Å²) in [5.41, 5.74) is 8.17. The highest BCUT2D eigenvalue weighted by Crippen LogP contribution is 2.27. The molecular weight excluding hydrogens is 361 g/mol. The summed E-state index contributed by atoms with van der Waals surface area (Å²) < 4.78 is 5.39. The number of hydrogen-bond donors (Lipinski definition) is 2. The molecule has 0 spiro atoms. The zero-order valence-electron chi connectivity index (χ0n) is 14.5. The first-order valence-corrected chi connectivity index (χ1v) is 8.66. The first-order valence-electron chi connectivity index (χ1n) is 8.66. The predicted molar refractivity (Wildman–Crippen MR) is 106 cm³/mol. The first-order chi connectivity index (χ1) is 11.2. The fourth-order valence-corrected chi connectivity index (χ4v) is 3.54. The summed E-state index contributed by atoms with van der Waals surface area (Å²) in [6, 6.07) is 8.26. The smallest absolute Gasteiger partial charge is 0.224 e. The molecule has 1 aromatic rings. The van der Waals surface area contributed by atoms with Gasteiger partial charge in [-0.2, -0.15) is 0 Å². The predicted octanol–water partition coefficient (Wildman–Crippen LogP) is 2.82. The minimum atomic E-state index is 0. The molecule has 1 amide bonds. The Labute approximate surface area is 162 Å². The van der Waals surface area contributed by atoms with E-state index in [0.29, 0.717) is 12.3 Å². The summed E-state index contributed by atoms with van der Waals surface area (Å²) in [6.45, 7) is 4.31. The normalized spacial score (nSPS) is 23.4. The Balaban J connectivity index is 0.00000156. The van der Waals surface area contributed by atoms with Gasteiger partial charge < -0.3 is 15.8 Å². The highest BCUT2D eigenvalue weighted by atomic mass is 35.5. The number of carbonyl (C=O) groups excluding carboxylic acids is 1. The summed E-state index contributed by atoms with van der Waals surface area (Å²) in [4.78, 5) is 14.7. The second-order valence-corrected chi connectivity index (χ2v) is 6.65. The average molecular weight is 390 g/mol. The zero-order valence-corrected chi connectivity index (χ0v) is 16.1. The third-order valence-corrected chi connectivity index (χ3v) is 4.95. The molecule has 1 saturated carbocycles. The van der Waals surface area contributed by atoms with Gasteiger partial charge in [0.25, 0.3) is 0 Å². The van der Waals surface area contributed by atoms with Crippen molar-refractivity contribution in [1.82, 2.24) is 4.90 Å². The summed E-state index contributed by atoms with van der Waals surface area (Å²) in [7, 11) is 0. The molecule has 2 fully saturated rings. The van der Waals surface area contributed by atoms with Crippen molar-refractivity contribution in [2.75, 3.05) is 31.6 Å². The number of halogens is 2. The van der Waals surface area contributed by atoms with Crippen LogP contribution < -0.4 is 11.1 Å². The number of para-hydroxylation sites is 1. The number of nitrogens with one attached hydrogen (secondary N) is 1.